The van der Waals surface area contributed by atoms with Crippen molar-refractivity contribution >= 4 is 23.8 Å². The maximum absolute atomic E-state index is 11.9. The van der Waals surface area contributed by atoms with Gasteiger partial charge in [0.25, 0.3) is 0 Å². The van der Waals surface area contributed by atoms with E-state index >= 15 is 0 Å². The smallest absolute Gasteiger partial charge is 0.278 e. The Morgan fingerprint density at radius 3 is 2.58 bits per heavy atom. The molecule has 0 aliphatic carbocycles. The van der Waals surface area contributed by atoms with E-state index < -0.39 is 17.0 Å². The molecule has 0 bridgehead atoms. The van der Waals surface area contributed by atoms with Crippen molar-refractivity contribution in [3.8, 4) is 0 Å². The summed E-state index contributed by atoms with van der Waals surface area (Å²) in [5.41, 5.74) is 0. The fraction of sp³-hybridized carbons (Fsp3) is 0.250. The molecule has 66 valence electrons. The third-order valence-corrected chi connectivity index (χ3v) is 1.47. The van der Waals surface area contributed by atoms with Crippen LogP contribution in [0.25, 0.3) is 0 Å². The van der Waals surface area contributed by atoms with Crippen LogP contribution in [0.1, 0.15) is 0 Å². The Labute approximate surface area is 68.8 Å². The van der Waals surface area contributed by atoms with Gasteiger partial charge in [0.1, 0.15) is 0 Å². The number of carbonyl (C=O) groups excluding carboxylic acids is 1. The molecule has 0 saturated carbocycles. The molecule has 0 aliphatic rings. The lowest BCUT2D eigenvalue weighted by Crippen LogP contribution is -2.36. The van der Waals surface area contributed by atoms with Crippen LogP contribution >= 0.6 is 11.5 Å². The van der Waals surface area contributed by atoms with E-state index in [9.17, 15) is 18.0 Å². The normalized spacial score (nSPS) is 11.2. The molecule has 1 amide bonds. The molecule has 1 heterocycles. The lowest BCUT2D eigenvalue weighted by atomic mass is 10.7. The standard InChI is InChI=1S/C4H2F3N3OS/c5-4(6,7)10(2-11)3-1-12-9-8-3/h1-2H. The van der Waals surface area contributed by atoms with E-state index in [1.54, 1.807) is 0 Å². The summed E-state index contributed by atoms with van der Waals surface area (Å²) in [7, 11) is 0. The van der Waals surface area contributed by atoms with Crippen LogP contribution in [0.2, 0.25) is 0 Å². The molecule has 0 fully saturated rings. The first-order valence-corrected chi connectivity index (χ1v) is 3.48. The molecule has 0 atom stereocenters. The van der Waals surface area contributed by atoms with Crippen LogP contribution in [0.3, 0.4) is 0 Å². The van der Waals surface area contributed by atoms with Crippen molar-refractivity contribution in [3.05, 3.63) is 5.38 Å². The van der Waals surface area contributed by atoms with E-state index in [-0.39, 0.29) is 6.41 Å². The number of aromatic nitrogens is 2. The van der Waals surface area contributed by atoms with Crippen LogP contribution < -0.4 is 4.90 Å². The Morgan fingerprint density at radius 2 is 2.25 bits per heavy atom. The fourth-order valence-corrected chi connectivity index (χ4v) is 0.941. The molecule has 0 saturated heterocycles. The monoisotopic (exact) mass is 197 g/mol. The zero-order chi connectivity index (χ0) is 9.19. The summed E-state index contributed by atoms with van der Waals surface area (Å²) < 4.78 is 38.9. The zero-order valence-electron chi connectivity index (χ0n) is 5.45. The summed E-state index contributed by atoms with van der Waals surface area (Å²) >= 11 is 0.738. The summed E-state index contributed by atoms with van der Waals surface area (Å²) in [4.78, 5) is 9.54. The van der Waals surface area contributed by atoms with Crippen molar-refractivity contribution in [2.24, 2.45) is 0 Å². The third-order valence-electron chi connectivity index (χ3n) is 0.974. The number of anilines is 1. The number of hydrogen-bond acceptors (Lipinski definition) is 4. The third kappa shape index (κ3) is 1.70. The molecular formula is C4H2F3N3OS. The van der Waals surface area contributed by atoms with Crippen LogP contribution in [0.15, 0.2) is 5.38 Å². The van der Waals surface area contributed by atoms with Crippen molar-refractivity contribution in [2.45, 2.75) is 6.30 Å². The molecule has 0 radical (unpaired) electrons. The van der Waals surface area contributed by atoms with E-state index in [0.717, 1.165) is 16.9 Å². The molecule has 0 aromatic carbocycles. The van der Waals surface area contributed by atoms with Gasteiger partial charge in [0.15, 0.2) is 5.82 Å². The number of carbonyl (C=O) groups is 1. The second-order valence-corrected chi connectivity index (χ2v) is 2.32. The van der Waals surface area contributed by atoms with Crippen LogP contribution in [0, 0.1) is 0 Å². The van der Waals surface area contributed by atoms with Gasteiger partial charge in [0.05, 0.1) is 5.38 Å². The van der Waals surface area contributed by atoms with Gasteiger partial charge in [-0.1, -0.05) is 4.49 Å². The van der Waals surface area contributed by atoms with Gasteiger partial charge in [-0.2, -0.15) is 0 Å². The molecule has 12 heavy (non-hydrogen) atoms. The minimum atomic E-state index is -4.74. The molecule has 1 aromatic rings. The average Bonchev–Trinajstić information content (AvgIpc) is 2.38. The Bertz CT molecular complexity index is 259. The molecule has 1 rings (SSSR count). The molecule has 4 nitrogen and oxygen atoms in total. The first-order valence-electron chi connectivity index (χ1n) is 2.64. The minimum Gasteiger partial charge on any atom is -0.278 e. The topological polar surface area (TPSA) is 46.1 Å². The summed E-state index contributed by atoms with van der Waals surface area (Å²) in [6, 6.07) is 0. The van der Waals surface area contributed by atoms with E-state index in [4.69, 9.17) is 0 Å². The Morgan fingerprint density at radius 1 is 1.58 bits per heavy atom. The van der Waals surface area contributed by atoms with Gasteiger partial charge in [0, 0.05) is 0 Å². The maximum atomic E-state index is 11.9. The van der Waals surface area contributed by atoms with Gasteiger partial charge in [-0.25, -0.2) is 4.90 Å². The second-order valence-electron chi connectivity index (χ2n) is 1.71. The summed E-state index contributed by atoms with van der Waals surface area (Å²) in [6.07, 6.45) is -5.09. The zero-order valence-corrected chi connectivity index (χ0v) is 6.26. The SMILES string of the molecule is O=CN(c1csnn1)C(F)(F)F. The predicted molar refractivity (Wildman–Crippen MR) is 34.5 cm³/mol. The molecule has 0 unspecified atom stereocenters. The van der Waals surface area contributed by atoms with Crippen molar-refractivity contribution in [1.82, 2.24) is 9.59 Å². The van der Waals surface area contributed by atoms with E-state index in [1.165, 1.54) is 0 Å². The number of amides is 1. The second kappa shape index (κ2) is 3.05. The highest BCUT2D eigenvalue weighted by Crippen LogP contribution is 2.25. The molecule has 0 spiro atoms. The highest BCUT2D eigenvalue weighted by atomic mass is 32.1. The highest BCUT2D eigenvalue weighted by Gasteiger charge is 2.38. The van der Waals surface area contributed by atoms with Gasteiger partial charge in [-0.15, -0.1) is 18.3 Å². The molecule has 1 aromatic heterocycles. The first kappa shape index (κ1) is 8.91. The molecule has 0 N–H and O–H groups in total. The predicted octanol–water partition coefficient (Wildman–Crippen LogP) is 1.02. The van der Waals surface area contributed by atoms with Gasteiger partial charge in [-0.05, 0) is 11.5 Å². The number of alkyl halides is 3. The van der Waals surface area contributed by atoms with Crippen molar-refractivity contribution in [1.29, 1.82) is 0 Å². The summed E-state index contributed by atoms with van der Waals surface area (Å²) in [6.45, 7) is 0. The largest absolute Gasteiger partial charge is 0.492 e. The first-order chi connectivity index (χ1) is 5.55. The molecular weight excluding hydrogens is 195 g/mol. The number of hydrogen-bond donors (Lipinski definition) is 0. The molecule has 0 aliphatic heterocycles. The molecule has 8 heteroatoms. The summed E-state index contributed by atoms with van der Waals surface area (Å²) in [5, 5.41) is 4.13. The Hall–Kier alpha value is -1.18. The number of rotatable bonds is 2. The average molecular weight is 197 g/mol. The van der Waals surface area contributed by atoms with Crippen molar-refractivity contribution in [2.75, 3.05) is 4.90 Å². The number of nitrogens with zero attached hydrogens (tertiary/aromatic N) is 3. The minimum absolute atomic E-state index is 0.350. The van der Waals surface area contributed by atoms with Crippen LogP contribution in [0.4, 0.5) is 19.0 Å². The van der Waals surface area contributed by atoms with Gasteiger partial charge in [-0.3, -0.25) is 4.79 Å². The quantitative estimate of drug-likeness (QED) is 0.525. The lowest BCUT2D eigenvalue weighted by Gasteiger charge is -2.16. The fourth-order valence-electron chi connectivity index (χ4n) is 0.508. The Kier molecular flexibility index (Phi) is 2.27. The van der Waals surface area contributed by atoms with E-state index in [1.807, 2.05) is 0 Å². The van der Waals surface area contributed by atoms with Gasteiger partial charge < -0.3 is 0 Å². The number of halogens is 3. The maximum Gasteiger partial charge on any atom is 0.492 e. The van der Waals surface area contributed by atoms with Crippen molar-refractivity contribution in [3.63, 3.8) is 0 Å². The van der Waals surface area contributed by atoms with Crippen molar-refractivity contribution < 1.29 is 18.0 Å². The van der Waals surface area contributed by atoms with Crippen LogP contribution in [-0.4, -0.2) is 22.3 Å². The van der Waals surface area contributed by atoms with Crippen LogP contribution in [-0.2, 0) is 4.79 Å². The van der Waals surface area contributed by atoms with E-state index in [2.05, 4.69) is 9.59 Å². The lowest BCUT2D eigenvalue weighted by molar-refractivity contribution is -0.142. The Balaban J connectivity index is 2.91. The van der Waals surface area contributed by atoms with Gasteiger partial charge >= 0.3 is 6.30 Å². The highest BCUT2D eigenvalue weighted by molar-refractivity contribution is 7.03. The van der Waals surface area contributed by atoms with Gasteiger partial charge in [0.2, 0.25) is 6.41 Å². The van der Waals surface area contributed by atoms with E-state index in [0.29, 0.717) is 0 Å². The summed E-state index contributed by atoms with van der Waals surface area (Å²) in [5.74, 6) is -0.512. The van der Waals surface area contributed by atoms with Crippen LogP contribution in [0.5, 0.6) is 0 Å².